The van der Waals surface area contributed by atoms with E-state index in [0.717, 1.165) is 32.4 Å². The minimum atomic E-state index is -0.00302. The average molecular weight is 279 g/mol. The van der Waals surface area contributed by atoms with E-state index in [2.05, 4.69) is 5.10 Å². The average Bonchev–Trinajstić information content (AvgIpc) is 3.08. The second-order valence-corrected chi connectivity index (χ2v) is 5.78. The normalized spacial score (nSPS) is 18.7. The molecule has 0 aromatic carbocycles. The van der Waals surface area contributed by atoms with Crippen molar-refractivity contribution < 1.29 is 9.53 Å². The second kappa shape index (κ2) is 6.88. The zero-order chi connectivity index (χ0) is 14.5. The van der Waals surface area contributed by atoms with Crippen molar-refractivity contribution in [2.24, 2.45) is 0 Å². The minimum absolute atomic E-state index is 0.00302. The van der Waals surface area contributed by atoms with Gasteiger partial charge in [0.05, 0.1) is 6.10 Å². The summed E-state index contributed by atoms with van der Waals surface area (Å²) in [6.07, 6.45) is 6.62. The maximum atomic E-state index is 12.2. The van der Waals surface area contributed by atoms with Gasteiger partial charge in [0.25, 0.3) is 5.91 Å². The van der Waals surface area contributed by atoms with Gasteiger partial charge in [-0.2, -0.15) is 5.10 Å². The van der Waals surface area contributed by atoms with Crippen LogP contribution in [0, 0.1) is 0 Å². The van der Waals surface area contributed by atoms with E-state index in [-0.39, 0.29) is 11.9 Å². The van der Waals surface area contributed by atoms with Gasteiger partial charge in [-0.3, -0.25) is 9.48 Å². The first kappa shape index (κ1) is 15.0. The van der Waals surface area contributed by atoms with Crippen LogP contribution >= 0.6 is 0 Å². The summed E-state index contributed by atoms with van der Waals surface area (Å²) in [5.41, 5.74) is 0.526. The van der Waals surface area contributed by atoms with Gasteiger partial charge < -0.3 is 9.64 Å². The number of amides is 1. The maximum absolute atomic E-state index is 12.2. The first-order valence-corrected chi connectivity index (χ1v) is 7.50. The molecule has 0 spiro atoms. The molecule has 0 unspecified atom stereocenters. The van der Waals surface area contributed by atoms with Crippen LogP contribution in [0.25, 0.3) is 0 Å². The zero-order valence-electron chi connectivity index (χ0n) is 12.7. The molecule has 5 heteroatoms. The molecule has 0 aliphatic carbocycles. The predicted octanol–water partition coefficient (Wildman–Crippen LogP) is 2.50. The van der Waals surface area contributed by atoms with Crippen LogP contribution < -0.4 is 0 Å². The van der Waals surface area contributed by atoms with Gasteiger partial charge in [-0.05, 0) is 45.6 Å². The molecular weight excluding hydrogens is 254 g/mol. The Morgan fingerprint density at radius 3 is 3.00 bits per heavy atom. The van der Waals surface area contributed by atoms with Gasteiger partial charge in [0.2, 0.25) is 0 Å². The van der Waals surface area contributed by atoms with Crippen molar-refractivity contribution in [3.05, 3.63) is 18.0 Å². The number of nitrogens with zero attached hydrogens (tertiary/aromatic N) is 3. The fourth-order valence-electron chi connectivity index (χ4n) is 2.46. The van der Waals surface area contributed by atoms with Crippen LogP contribution in [-0.4, -0.2) is 46.9 Å². The van der Waals surface area contributed by atoms with Crippen LogP contribution in [0.15, 0.2) is 12.3 Å². The highest BCUT2D eigenvalue weighted by molar-refractivity contribution is 5.91. The Kier molecular flexibility index (Phi) is 5.17. The van der Waals surface area contributed by atoms with Crippen LogP contribution in [0.2, 0.25) is 0 Å². The van der Waals surface area contributed by atoms with Crippen molar-refractivity contribution in [2.45, 2.75) is 51.7 Å². The predicted molar refractivity (Wildman–Crippen MR) is 77.8 cm³/mol. The van der Waals surface area contributed by atoms with Crippen LogP contribution in [-0.2, 0) is 4.74 Å². The van der Waals surface area contributed by atoms with E-state index in [1.54, 1.807) is 11.0 Å². The van der Waals surface area contributed by atoms with E-state index < -0.39 is 0 Å². The summed E-state index contributed by atoms with van der Waals surface area (Å²) < 4.78 is 7.40. The molecule has 112 valence electrons. The summed E-state index contributed by atoms with van der Waals surface area (Å²) in [7, 11) is 1.84. The lowest BCUT2D eigenvalue weighted by atomic mass is 10.1. The molecule has 1 amide bonds. The molecular formula is C15H25N3O2. The molecule has 1 fully saturated rings. The smallest absolute Gasteiger partial charge is 0.274 e. The highest BCUT2D eigenvalue weighted by Gasteiger charge is 2.18. The van der Waals surface area contributed by atoms with Crippen molar-refractivity contribution >= 4 is 5.91 Å². The Balaban J connectivity index is 1.78. The zero-order valence-corrected chi connectivity index (χ0v) is 12.7. The number of hydrogen-bond acceptors (Lipinski definition) is 3. The molecule has 20 heavy (non-hydrogen) atoms. The van der Waals surface area contributed by atoms with Crippen molar-refractivity contribution in [1.82, 2.24) is 14.7 Å². The summed E-state index contributed by atoms with van der Waals surface area (Å²) in [5, 5.41) is 4.32. The van der Waals surface area contributed by atoms with Gasteiger partial charge in [-0.25, -0.2) is 0 Å². The van der Waals surface area contributed by atoms with Crippen LogP contribution in [0.1, 0.15) is 56.1 Å². The molecule has 1 aliphatic heterocycles. The number of rotatable bonds is 6. The second-order valence-electron chi connectivity index (χ2n) is 5.78. The fourth-order valence-corrected chi connectivity index (χ4v) is 2.46. The van der Waals surface area contributed by atoms with Crippen molar-refractivity contribution in [2.75, 3.05) is 20.2 Å². The van der Waals surface area contributed by atoms with Gasteiger partial charge in [0.15, 0.2) is 0 Å². The van der Waals surface area contributed by atoms with E-state index in [0.29, 0.717) is 11.8 Å². The third-order valence-electron chi connectivity index (χ3n) is 3.75. The SMILES string of the molecule is CC(C)n1ccc(C(=O)N(C)CCC[C@@H]2CCCO2)n1. The molecule has 5 nitrogen and oxygen atoms in total. The van der Waals surface area contributed by atoms with Crippen LogP contribution in [0.4, 0.5) is 0 Å². The lowest BCUT2D eigenvalue weighted by molar-refractivity contribution is 0.0757. The van der Waals surface area contributed by atoms with Gasteiger partial charge >= 0.3 is 0 Å². The van der Waals surface area contributed by atoms with E-state index >= 15 is 0 Å². The Morgan fingerprint density at radius 1 is 1.60 bits per heavy atom. The van der Waals surface area contributed by atoms with Crippen molar-refractivity contribution in [3.8, 4) is 0 Å². The number of carbonyl (C=O) groups is 1. The summed E-state index contributed by atoms with van der Waals surface area (Å²) in [6, 6.07) is 2.07. The van der Waals surface area contributed by atoms with E-state index in [9.17, 15) is 4.79 Å². The lowest BCUT2D eigenvalue weighted by Crippen LogP contribution is -2.28. The van der Waals surface area contributed by atoms with Gasteiger partial charge in [-0.1, -0.05) is 0 Å². The topological polar surface area (TPSA) is 47.4 Å². The summed E-state index contributed by atoms with van der Waals surface area (Å²) >= 11 is 0. The quantitative estimate of drug-likeness (QED) is 0.804. The number of carbonyl (C=O) groups excluding carboxylic acids is 1. The summed E-state index contributed by atoms with van der Waals surface area (Å²) in [5.74, 6) is -0.00302. The summed E-state index contributed by atoms with van der Waals surface area (Å²) in [4.78, 5) is 14.0. The van der Waals surface area contributed by atoms with Crippen molar-refractivity contribution in [3.63, 3.8) is 0 Å². The van der Waals surface area contributed by atoms with Crippen LogP contribution in [0.3, 0.4) is 0 Å². The first-order chi connectivity index (χ1) is 9.58. The third-order valence-corrected chi connectivity index (χ3v) is 3.75. The van der Waals surface area contributed by atoms with Crippen molar-refractivity contribution in [1.29, 1.82) is 0 Å². The number of ether oxygens (including phenoxy) is 1. The van der Waals surface area contributed by atoms with Gasteiger partial charge in [0.1, 0.15) is 5.69 Å². The molecule has 0 N–H and O–H groups in total. The molecule has 2 rings (SSSR count). The van der Waals surface area contributed by atoms with Crippen LogP contribution in [0.5, 0.6) is 0 Å². The highest BCUT2D eigenvalue weighted by atomic mass is 16.5. The van der Waals surface area contributed by atoms with E-state index in [4.69, 9.17) is 4.74 Å². The van der Waals surface area contributed by atoms with Gasteiger partial charge in [-0.15, -0.1) is 0 Å². The Bertz CT molecular complexity index is 436. The van der Waals surface area contributed by atoms with E-state index in [1.807, 2.05) is 31.8 Å². The molecule has 2 heterocycles. The maximum Gasteiger partial charge on any atom is 0.274 e. The standard InChI is InChI=1S/C15H25N3O2/c1-12(2)18-10-8-14(16-18)15(19)17(3)9-4-6-13-7-5-11-20-13/h8,10,12-13H,4-7,9,11H2,1-3H3/t13-/m1/s1. The van der Waals surface area contributed by atoms with Gasteiger partial charge in [0, 0.05) is 32.4 Å². The highest BCUT2D eigenvalue weighted by Crippen LogP contribution is 2.17. The molecule has 0 bridgehead atoms. The third kappa shape index (κ3) is 3.82. The Labute approximate surface area is 120 Å². The fraction of sp³-hybridized carbons (Fsp3) is 0.733. The lowest BCUT2D eigenvalue weighted by Gasteiger charge is -2.17. The Hall–Kier alpha value is -1.36. The molecule has 1 aromatic rings. The number of aromatic nitrogens is 2. The minimum Gasteiger partial charge on any atom is -0.378 e. The molecule has 1 aliphatic rings. The first-order valence-electron chi connectivity index (χ1n) is 7.50. The number of hydrogen-bond donors (Lipinski definition) is 0. The molecule has 0 saturated carbocycles. The molecule has 1 atom stereocenters. The molecule has 0 radical (unpaired) electrons. The molecule has 1 aromatic heterocycles. The summed E-state index contributed by atoms with van der Waals surface area (Å²) in [6.45, 7) is 5.75. The molecule has 1 saturated heterocycles. The monoisotopic (exact) mass is 279 g/mol. The Morgan fingerprint density at radius 2 is 2.40 bits per heavy atom. The van der Waals surface area contributed by atoms with E-state index in [1.165, 1.54) is 6.42 Å². The largest absolute Gasteiger partial charge is 0.378 e.